The molecular formula is C29H34N8O3. The Bertz CT molecular complexity index is 1450. The number of ether oxygens (including phenoxy) is 1. The molecular weight excluding hydrogens is 508 g/mol. The number of rotatable bonds is 8. The van der Waals surface area contributed by atoms with Gasteiger partial charge in [0.15, 0.2) is 12.0 Å². The predicted octanol–water partition coefficient (Wildman–Crippen LogP) is 2.72. The fourth-order valence-corrected chi connectivity index (χ4v) is 6.12. The van der Waals surface area contributed by atoms with Crippen LogP contribution in [0.4, 0.5) is 5.82 Å². The van der Waals surface area contributed by atoms with Crippen LogP contribution in [0.2, 0.25) is 0 Å². The molecule has 3 aromatic rings. The molecule has 0 N–H and O–H groups in total. The van der Waals surface area contributed by atoms with Gasteiger partial charge in [0.05, 0.1) is 24.2 Å². The molecule has 0 radical (unpaired) electrons. The average Bonchev–Trinajstić information content (AvgIpc) is 3.71. The SMILES string of the molecule is C=CC(=O)N1CCN(c2nc(OC[C@@H]3CCCN3C)nc3c2CN(Cc2cccc4ncoc24)C3)C[C@@H]1CC#N. The lowest BCUT2D eigenvalue weighted by molar-refractivity contribution is -0.128. The Balaban J connectivity index is 1.27. The van der Waals surface area contributed by atoms with Crippen LogP contribution in [0.3, 0.4) is 0 Å². The van der Waals surface area contributed by atoms with Gasteiger partial charge in [-0.15, -0.1) is 0 Å². The highest BCUT2D eigenvalue weighted by Gasteiger charge is 2.34. The molecule has 11 heteroatoms. The van der Waals surface area contributed by atoms with E-state index in [0.717, 1.165) is 46.7 Å². The van der Waals surface area contributed by atoms with Crippen molar-refractivity contribution in [2.75, 3.05) is 44.7 Å². The van der Waals surface area contributed by atoms with Crippen molar-refractivity contribution in [1.82, 2.24) is 29.7 Å². The summed E-state index contributed by atoms with van der Waals surface area (Å²) in [6, 6.07) is 8.76. The summed E-state index contributed by atoms with van der Waals surface area (Å²) < 4.78 is 11.9. The number of oxazole rings is 1. The molecule has 1 aromatic carbocycles. The number of para-hydroxylation sites is 1. The van der Waals surface area contributed by atoms with Crippen LogP contribution < -0.4 is 9.64 Å². The number of benzene rings is 1. The van der Waals surface area contributed by atoms with Crippen molar-refractivity contribution < 1.29 is 13.9 Å². The van der Waals surface area contributed by atoms with Gasteiger partial charge < -0.3 is 23.9 Å². The molecule has 0 aliphatic carbocycles. The molecule has 2 saturated heterocycles. The Hall–Kier alpha value is -4.01. The maximum atomic E-state index is 12.5. The molecule has 1 amide bonds. The standard InChI is InChI=1S/C29H34N8O3/c1-3-26(38)37-13-12-36(15-21(37)9-10-30)28-23-16-35(14-20-6-4-8-24-27(20)40-19-31-24)17-25(23)32-29(33-28)39-18-22-7-5-11-34(22)2/h3-4,6,8,19,21-22H,1,5,7,9,11-18H2,2H3/t21-,22-/m0/s1. The summed E-state index contributed by atoms with van der Waals surface area (Å²) in [7, 11) is 2.13. The maximum absolute atomic E-state index is 12.5. The van der Waals surface area contributed by atoms with E-state index in [1.165, 1.54) is 18.9 Å². The number of carbonyl (C=O) groups is 1. The van der Waals surface area contributed by atoms with Crippen LogP contribution in [0.25, 0.3) is 11.1 Å². The molecule has 6 rings (SSSR count). The smallest absolute Gasteiger partial charge is 0.318 e. The van der Waals surface area contributed by atoms with E-state index in [-0.39, 0.29) is 18.4 Å². The van der Waals surface area contributed by atoms with Gasteiger partial charge in [-0.25, -0.2) is 4.98 Å². The van der Waals surface area contributed by atoms with Crippen molar-refractivity contribution in [2.24, 2.45) is 0 Å². The quantitative estimate of drug-likeness (QED) is 0.394. The van der Waals surface area contributed by atoms with Gasteiger partial charge in [0, 0.05) is 56.4 Å². The van der Waals surface area contributed by atoms with E-state index in [0.29, 0.717) is 57.9 Å². The van der Waals surface area contributed by atoms with E-state index in [9.17, 15) is 10.1 Å². The van der Waals surface area contributed by atoms with E-state index in [1.807, 2.05) is 12.1 Å². The van der Waals surface area contributed by atoms with Crippen molar-refractivity contribution in [3.63, 3.8) is 0 Å². The topological polar surface area (TPSA) is 115 Å². The number of amides is 1. The normalized spacial score (nSPS) is 21.5. The lowest BCUT2D eigenvalue weighted by Gasteiger charge is -2.41. The fourth-order valence-electron chi connectivity index (χ4n) is 6.12. The molecule has 0 unspecified atom stereocenters. The van der Waals surface area contributed by atoms with Crippen molar-refractivity contribution in [3.05, 3.63) is 54.1 Å². The van der Waals surface area contributed by atoms with Crippen LogP contribution in [0, 0.1) is 11.3 Å². The summed E-state index contributed by atoms with van der Waals surface area (Å²) in [6.45, 7) is 8.89. The summed E-state index contributed by atoms with van der Waals surface area (Å²) in [6.07, 6.45) is 5.32. The van der Waals surface area contributed by atoms with E-state index in [2.05, 4.69) is 45.4 Å². The molecule has 11 nitrogen and oxygen atoms in total. The third-order valence-electron chi connectivity index (χ3n) is 8.28. The Labute approximate surface area is 233 Å². The molecule has 3 aliphatic heterocycles. The molecule has 0 saturated carbocycles. The van der Waals surface area contributed by atoms with Crippen LogP contribution >= 0.6 is 0 Å². The molecule has 0 bridgehead atoms. The van der Waals surface area contributed by atoms with E-state index in [4.69, 9.17) is 19.1 Å². The number of nitriles is 1. The number of likely N-dealkylation sites (tertiary alicyclic amines) is 1. The number of likely N-dealkylation sites (N-methyl/N-ethyl adjacent to an activating group) is 1. The second kappa shape index (κ2) is 11.2. The van der Waals surface area contributed by atoms with Gasteiger partial charge in [0.25, 0.3) is 0 Å². The van der Waals surface area contributed by atoms with Gasteiger partial charge in [0.1, 0.15) is 17.9 Å². The van der Waals surface area contributed by atoms with Crippen LogP contribution in [0.1, 0.15) is 36.1 Å². The zero-order valence-electron chi connectivity index (χ0n) is 22.8. The summed E-state index contributed by atoms with van der Waals surface area (Å²) in [5.41, 5.74) is 4.73. The number of nitrogens with zero attached hydrogens (tertiary/aromatic N) is 8. The van der Waals surface area contributed by atoms with Crippen LogP contribution in [0.15, 0.2) is 41.7 Å². The Morgan fingerprint density at radius 1 is 1.25 bits per heavy atom. The first-order valence-electron chi connectivity index (χ1n) is 13.8. The van der Waals surface area contributed by atoms with Crippen LogP contribution in [-0.4, -0.2) is 87.5 Å². The summed E-state index contributed by atoms with van der Waals surface area (Å²) >= 11 is 0. The maximum Gasteiger partial charge on any atom is 0.318 e. The first-order chi connectivity index (χ1) is 19.5. The third kappa shape index (κ3) is 5.12. The number of piperazine rings is 1. The molecule has 2 aromatic heterocycles. The van der Waals surface area contributed by atoms with Gasteiger partial charge >= 0.3 is 6.01 Å². The fraction of sp³-hybridized carbons (Fsp3) is 0.483. The Morgan fingerprint density at radius 2 is 2.15 bits per heavy atom. The van der Waals surface area contributed by atoms with Gasteiger partial charge in [0.2, 0.25) is 5.91 Å². The minimum Gasteiger partial charge on any atom is -0.462 e. The highest BCUT2D eigenvalue weighted by atomic mass is 16.5. The van der Waals surface area contributed by atoms with Gasteiger partial charge in [-0.1, -0.05) is 18.7 Å². The second-order valence-corrected chi connectivity index (χ2v) is 10.8. The number of hydrogen-bond acceptors (Lipinski definition) is 10. The van der Waals surface area contributed by atoms with Gasteiger partial charge in [-0.05, 0) is 38.6 Å². The molecule has 40 heavy (non-hydrogen) atoms. The lowest BCUT2D eigenvalue weighted by Crippen LogP contribution is -2.55. The molecule has 2 fully saturated rings. The van der Waals surface area contributed by atoms with Crippen molar-refractivity contribution >= 4 is 22.8 Å². The Kier molecular flexibility index (Phi) is 7.36. The summed E-state index contributed by atoms with van der Waals surface area (Å²) in [5, 5.41) is 9.48. The highest BCUT2D eigenvalue weighted by molar-refractivity contribution is 5.87. The molecule has 2 atom stereocenters. The molecule has 3 aliphatic rings. The summed E-state index contributed by atoms with van der Waals surface area (Å²) in [5.74, 6) is 0.680. The first kappa shape index (κ1) is 26.2. The zero-order valence-corrected chi connectivity index (χ0v) is 22.8. The van der Waals surface area contributed by atoms with Gasteiger partial charge in [-0.3, -0.25) is 9.69 Å². The zero-order chi connectivity index (χ0) is 27.6. The predicted molar refractivity (Wildman–Crippen MR) is 148 cm³/mol. The highest BCUT2D eigenvalue weighted by Crippen LogP contribution is 2.34. The first-order valence-corrected chi connectivity index (χ1v) is 13.8. The average molecular weight is 543 g/mol. The number of aromatic nitrogens is 3. The minimum absolute atomic E-state index is 0.148. The van der Waals surface area contributed by atoms with E-state index >= 15 is 0 Å². The number of hydrogen-bond donors (Lipinski definition) is 0. The molecule has 5 heterocycles. The van der Waals surface area contributed by atoms with E-state index in [1.54, 1.807) is 4.90 Å². The van der Waals surface area contributed by atoms with Gasteiger partial charge in [-0.2, -0.15) is 15.2 Å². The number of carbonyl (C=O) groups excluding carboxylic acids is 1. The summed E-state index contributed by atoms with van der Waals surface area (Å²) in [4.78, 5) is 35.1. The monoisotopic (exact) mass is 542 g/mol. The lowest BCUT2D eigenvalue weighted by atomic mass is 10.1. The van der Waals surface area contributed by atoms with Crippen molar-refractivity contribution in [2.45, 2.75) is 51.0 Å². The largest absolute Gasteiger partial charge is 0.462 e. The Morgan fingerprint density at radius 3 is 2.95 bits per heavy atom. The third-order valence-corrected chi connectivity index (χ3v) is 8.28. The number of anilines is 1. The van der Waals surface area contributed by atoms with E-state index < -0.39 is 0 Å². The molecule has 208 valence electrons. The van der Waals surface area contributed by atoms with Crippen LogP contribution in [-0.2, 0) is 24.4 Å². The van der Waals surface area contributed by atoms with Crippen LogP contribution in [0.5, 0.6) is 6.01 Å². The second-order valence-electron chi connectivity index (χ2n) is 10.8. The van der Waals surface area contributed by atoms with Crippen molar-refractivity contribution in [3.8, 4) is 12.1 Å². The minimum atomic E-state index is -0.243. The number of fused-ring (bicyclic) bond motifs is 2. The van der Waals surface area contributed by atoms with Crippen molar-refractivity contribution in [1.29, 1.82) is 5.26 Å². The molecule has 0 spiro atoms.